The fourth-order valence-electron chi connectivity index (χ4n) is 1.62. The summed E-state index contributed by atoms with van der Waals surface area (Å²) in [5.41, 5.74) is 2.56. The Morgan fingerprint density at radius 2 is 1.89 bits per heavy atom. The van der Waals surface area contributed by atoms with Gasteiger partial charge in [-0.2, -0.15) is 0 Å². The number of halogens is 2. The van der Waals surface area contributed by atoms with Gasteiger partial charge in [0.15, 0.2) is 0 Å². The minimum atomic E-state index is 0.620. The van der Waals surface area contributed by atoms with E-state index in [2.05, 4.69) is 57.4 Å². The first-order valence-electron chi connectivity index (χ1n) is 5.81. The van der Waals surface area contributed by atoms with Crippen molar-refractivity contribution in [2.45, 2.75) is 19.9 Å². The van der Waals surface area contributed by atoms with Crippen molar-refractivity contribution in [2.24, 2.45) is 0 Å². The van der Waals surface area contributed by atoms with Crippen molar-refractivity contribution in [3.8, 4) is 0 Å². The predicted molar refractivity (Wildman–Crippen MR) is 80.1 cm³/mol. The average molecular weight is 326 g/mol. The minimum Gasteiger partial charge on any atom is -0.365 e. The highest BCUT2D eigenvalue weighted by Crippen LogP contribution is 2.23. The molecule has 0 aliphatic rings. The molecule has 0 amide bonds. The molecule has 1 heterocycles. The predicted octanol–water partition coefficient (Wildman–Crippen LogP) is 4.67. The van der Waals surface area contributed by atoms with Crippen LogP contribution in [0.5, 0.6) is 0 Å². The Morgan fingerprint density at radius 1 is 1.22 bits per heavy atom. The second kappa shape index (κ2) is 6.21. The van der Waals surface area contributed by atoms with Gasteiger partial charge in [0, 0.05) is 17.2 Å². The Balaban J connectivity index is 2.02. The van der Waals surface area contributed by atoms with E-state index in [1.54, 1.807) is 6.20 Å². The molecular weight excluding hydrogens is 312 g/mol. The van der Waals surface area contributed by atoms with Crippen LogP contribution >= 0.6 is 27.5 Å². The number of pyridine rings is 1. The number of aryl methyl sites for hydroxylation is 1. The van der Waals surface area contributed by atoms with Gasteiger partial charge in [0.05, 0.1) is 5.02 Å². The fraction of sp³-hybridized carbons (Fsp3) is 0.214. The summed E-state index contributed by atoms with van der Waals surface area (Å²) in [5.74, 6) is 0.708. The van der Waals surface area contributed by atoms with Gasteiger partial charge in [0.2, 0.25) is 0 Å². The van der Waals surface area contributed by atoms with Crippen LogP contribution in [0.1, 0.15) is 18.1 Å². The van der Waals surface area contributed by atoms with Gasteiger partial charge in [-0.25, -0.2) is 4.98 Å². The maximum Gasteiger partial charge on any atom is 0.145 e. The summed E-state index contributed by atoms with van der Waals surface area (Å²) < 4.78 is 0.880. The molecule has 1 N–H and O–H groups in total. The molecule has 0 radical (unpaired) electrons. The molecule has 0 aliphatic heterocycles. The van der Waals surface area contributed by atoms with E-state index < -0.39 is 0 Å². The highest BCUT2D eigenvalue weighted by atomic mass is 79.9. The van der Waals surface area contributed by atoms with Crippen molar-refractivity contribution in [1.82, 2.24) is 4.98 Å². The number of aromatic nitrogens is 1. The van der Waals surface area contributed by atoms with Crippen LogP contribution in [0.4, 0.5) is 5.82 Å². The van der Waals surface area contributed by atoms with Gasteiger partial charge in [0.25, 0.3) is 0 Å². The molecule has 0 bridgehead atoms. The van der Waals surface area contributed by atoms with Gasteiger partial charge in [0.1, 0.15) is 5.82 Å². The lowest BCUT2D eigenvalue weighted by Gasteiger charge is -2.08. The van der Waals surface area contributed by atoms with E-state index in [1.807, 2.05) is 6.07 Å². The number of nitrogens with one attached hydrogen (secondary N) is 1. The van der Waals surface area contributed by atoms with Crippen molar-refractivity contribution in [3.63, 3.8) is 0 Å². The fourth-order valence-corrected chi connectivity index (χ4v) is 2.32. The number of benzene rings is 1. The molecule has 2 nitrogen and oxygen atoms in total. The maximum absolute atomic E-state index is 6.09. The van der Waals surface area contributed by atoms with E-state index in [-0.39, 0.29) is 0 Å². The van der Waals surface area contributed by atoms with Gasteiger partial charge < -0.3 is 5.32 Å². The van der Waals surface area contributed by atoms with E-state index in [4.69, 9.17) is 11.6 Å². The first-order valence-corrected chi connectivity index (χ1v) is 6.99. The smallest absolute Gasteiger partial charge is 0.145 e. The molecular formula is C14H14BrClN2. The molecule has 94 valence electrons. The van der Waals surface area contributed by atoms with Crippen LogP contribution in [0.25, 0.3) is 0 Å². The molecule has 2 rings (SSSR count). The molecule has 0 saturated carbocycles. The zero-order valence-electron chi connectivity index (χ0n) is 10.1. The molecule has 0 atom stereocenters. The Bertz CT molecular complexity index is 526. The van der Waals surface area contributed by atoms with Crippen LogP contribution in [0.3, 0.4) is 0 Å². The molecule has 0 fully saturated rings. The second-order valence-electron chi connectivity index (χ2n) is 4.01. The van der Waals surface area contributed by atoms with Crippen molar-refractivity contribution in [3.05, 3.63) is 57.2 Å². The lowest BCUT2D eigenvalue weighted by atomic mass is 10.1. The number of nitrogens with zero attached hydrogens (tertiary/aromatic N) is 1. The second-order valence-corrected chi connectivity index (χ2v) is 5.33. The summed E-state index contributed by atoms with van der Waals surface area (Å²) in [6.45, 7) is 2.87. The Kier molecular flexibility index (Phi) is 4.61. The third kappa shape index (κ3) is 3.47. The molecule has 2 aromatic rings. The van der Waals surface area contributed by atoms with Crippen LogP contribution < -0.4 is 5.32 Å². The molecule has 0 aliphatic carbocycles. The van der Waals surface area contributed by atoms with Crippen LogP contribution in [0, 0.1) is 0 Å². The molecule has 0 spiro atoms. The summed E-state index contributed by atoms with van der Waals surface area (Å²) in [7, 11) is 0. The zero-order valence-corrected chi connectivity index (χ0v) is 12.4. The largest absolute Gasteiger partial charge is 0.365 e. The normalized spacial score (nSPS) is 10.4. The lowest BCUT2D eigenvalue weighted by molar-refractivity contribution is 1.09. The Hall–Kier alpha value is -1.06. The summed E-state index contributed by atoms with van der Waals surface area (Å²) in [6, 6.07) is 10.4. The third-order valence-electron chi connectivity index (χ3n) is 2.70. The molecule has 18 heavy (non-hydrogen) atoms. The first-order chi connectivity index (χ1) is 8.69. The quantitative estimate of drug-likeness (QED) is 0.883. The molecule has 4 heteroatoms. The molecule has 0 unspecified atom stereocenters. The minimum absolute atomic E-state index is 0.620. The van der Waals surface area contributed by atoms with E-state index in [0.717, 1.165) is 17.4 Å². The van der Waals surface area contributed by atoms with Crippen LogP contribution in [0.2, 0.25) is 5.02 Å². The highest BCUT2D eigenvalue weighted by molar-refractivity contribution is 9.10. The summed E-state index contributed by atoms with van der Waals surface area (Å²) >= 11 is 9.42. The van der Waals surface area contributed by atoms with Crippen molar-refractivity contribution in [1.29, 1.82) is 0 Å². The first kappa shape index (κ1) is 13.4. The van der Waals surface area contributed by atoms with Gasteiger partial charge in [-0.1, -0.05) is 42.8 Å². The lowest BCUT2D eigenvalue weighted by Crippen LogP contribution is -2.01. The number of anilines is 1. The molecule has 0 saturated heterocycles. The van der Waals surface area contributed by atoms with E-state index >= 15 is 0 Å². The van der Waals surface area contributed by atoms with Gasteiger partial charge in [-0.15, -0.1) is 0 Å². The van der Waals surface area contributed by atoms with Gasteiger partial charge in [-0.3, -0.25) is 0 Å². The van der Waals surface area contributed by atoms with Gasteiger partial charge in [-0.05, 0) is 39.5 Å². The zero-order chi connectivity index (χ0) is 13.0. The Morgan fingerprint density at radius 3 is 2.50 bits per heavy atom. The summed E-state index contributed by atoms with van der Waals surface area (Å²) in [4.78, 5) is 4.24. The number of rotatable bonds is 4. The monoisotopic (exact) mass is 324 g/mol. The average Bonchev–Trinajstić information content (AvgIpc) is 2.38. The standard InChI is InChI=1S/C14H14BrClN2/c1-2-10-3-5-11(6-4-10)8-17-14-13(16)7-12(15)9-18-14/h3-7,9H,2,8H2,1H3,(H,17,18). The number of hydrogen-bond donors (Lipinski definition) is 1. The third-order valence-corrected chi connectivity index (χ3v) is 3.42. The van der Waals surface area contributed by atoms with E-state index in [0.29, 0.717) is 10.8 Å². The van der Waals surface area contributed by atoms with Crippen LogP contribution in [0.15, 0.2) is 41.0 Å². The molecule has 1 aromatic heterocycles. The topological polar surface area (TPSA) is 24.9 Å². The van der Waals surface area contributed by atoms with Crippen molar-refractivity contribution < 1.29 is 0 Å². The maximum atomic E-state index is 6.09. The van der Waals surface area contributed by atoms with Crippen LogP contribution in [-0.4, -0.2) is 4.98 Å². The van der Waals surface area contributed by atoms with E-state index in [9.17, 15) is 0 Å². The van der Waals surface area contributed by atoms with Crippen LogP contribution in [-0.2, 0) is 13.0 Å². The number of hydrogen-bond acceptors (Lipinski definition) is 2. The Labute approximate surface area is 121 Å². The SMILES string of the molecule is CCc1ccc(CNc2ncc(Br)cc2Cl)cc1. The molecule has 1 aromatic carbocycles. The van der Waals surface area contributed by atoms with E-state index in [1.165, 1.54) is 11.1 Å². The van der Waals surface area contributed by atoms with Crippen molar-refractivity contribution in [2.75, 3.05) is 5.32 Å². The summed E-state index contributed by atoms with van der Waals surface area (Å²) in [5, 5.41) is 3.85. The summed E-state index contributed by atoms with van der Waals surface area (Å²) in [6.07, 6.45) is 2.79. The highest BCUT2D eigenvalue weighted by Gasteiger charge is 2.02. The van der Waals surface area contributed by atoms with Gasteiger partial charge >= 0.3 is 0 Å². The van der Waals surface area contributed by atoms with Crippen molar-refractivity contribution >= 4 is 33.3 Å².